The predicted molar refractivity (Wildman–Crippen MR) is 59.4 cm³/mol. The van der Waals surface area contributed by atoms with Crippen LogP contribution in [0.3, 0.4) is 0 Å². The van der Waals surface area contributed by atoms with Crippen LogP contribution in [0.15, 0.2) is 0 Å². The second kappa shape index (κ2) is 4.93. The molecule has 15 heavy (non-hydrogen) atoms. The Morgan fingerprint density at radius 1 is 1.33 bits per heavy atom. The molecule has 1 saturated heterocycles. The van der Waals surface area contributed by atoms with Gasteiger partial charge in [-0.2, -0.15) is 5.26 Å². The molecule has 1 heterocycles. The van der Waals surface area contributed by atoms with E-state index in [-0.39, 0.29) is 6.04 Å². The highest BCUT2D eigenvalue weighted by Gasteiger charge is 2.24. The van der Waals surface area contributed by atoms with Gasteiger partial charge >= 0.3 is 0 Å². The summed E-state index contributed by atoms with van der Waals surface area (Å²) in [5, 5.41) is 18.5. The lowest BCUT2D eigenvalue weighted by Gasteiger charge is -2.38. The number of aliphatic hydroxyl groups is 1. The minimum absolute atomic E-state index is 0.00860. The van der Waals surface area contributed by atoms with Crippen LogP contribution in [-0.4, -0.2) is 59.3 Å². The summed E-state index contributed by atoms with van der Waals surface area (Å²) in [7, 11) is 0. The highest BCUT2D eigenvalue weighted by atomic mass is 16.3. The van der Waals surface area contributed by atoms with Crippen molar-refractivity contribution >= 4 is 0 Å². The van der Waals surface area contributed by atoms with Crippen molar-refractivity contribution in [3.63, 3.8) is 0 Å². The molecule has 1 N–H and O–H groups in total. The molecule has 1 atom stereocenters. The van der Waals surface area contributed by atoms with E-state index in [1.54, 1.807) is 0 Å². The summed E-state index contributed by atoms with van der Waals surface area (Å²) >= 11 is 0. The summed E-state index contributed by atoms with van der Waals surface area (Å²) in [6, 6.07) is 2.26. The zero-order valence-electron chi connectivity index (χ0n) is 9.90. The molecule has 0 aromatic carbocycles. The molecule has 4 heteroatoms. The summed E-state index contributed by atoms with van der Waals surface area (Å²) < 4.78 is 0. The van der Waals surface area contributed by atoms with E-state index in [0.717, 1.165) is 26.2 Å². The summed E-state index contributed by atoms with van der Waals surface area (Å²) in [4.78, 5) is 4.43. The van der Waals surface area contributed by atoms with Crippen LogP contribution in [-0.2, 0) is 0 Å². The van der Waals surface area contributed by atoms with E-state index in [0.29, 0.717) is 6.54 Å². The van der Waals surface area contributed by atoms with Crippen LogP contribution in [0.4, 0.5) is 0 Å². The predicted octanol–water partition coefficient (Wildman–Crippen LogP) is 0.287. The zero-order valence-corrected chi connectivity index (χ0v) is 9.90. The molecule has 0 aromatic rings. The van der Waals surface area contributed by atoms with Gasteiger partial charge in [-0.05, 0) is 20.8 Å². The Balaban J connectivity index is 2.34. The number of β-amino-alcohol motifs (C(OH)–C–C–N with tert-alkyl or cyclic N) is 1. The Morgan fingerprint density at radius 2 is 1.87 bits per heavy atom. The summed E-state index contributed by atoms with van der Waals surface area (Å²) in [6.45, 7) is 10.0. The Morgan fingerprint density at radius 3 is 2.27 bits per heavy atom. The quantitative estimate of drug-likeness (QED) is 0.729. The van der Waals surface area contributed by atoms with Gasteiger partial charge in [0.15, 0.2) is 0 Å². The van der Waals surface area contributed by atoms with E-state index in [1.807, 2.05) is 20.8 Å². The lowest BCUT2D eigenvalue weighted by Crippen LogP contribution is -2.52. The summed E-state index contributed by atoms with van der Waals surface area (Å²) in [5.41, 5.74) is -0.622. The largest absolute Gasteiger partial charge is 0.389 e. The maximum Gasteiger partial charge on any atom is 0.0950 e. The smallest absolute Gasteiger partial charge is 0.0950 e. The molecular weight excluding hydrogens is 190 g/mol. The minimum Gasteiger partial charge on any atom is -0.389 e. The first kappa shape index (κ1) is 12.4. The van der Waals surface area contributed by atoms with Gasteiger partial charge in [0.05, 0.1) is 17.7 Å². The van der Waals surface area contributed by atoms with Gasteiger partial charge in [0, 0.05) is 32.7 Å². The molecule has 0 aromatic heterocycles. The third-order valence-electron chi connectivity index (χ3n) is 2.75. The third kappa shape index (κ3) is 4.17. The van der Waals surface area contributed by atoms with Crippen LogP contribution in [0.5, 0.6) is 0 Å². The van der Waals surface area contributed by atoms with E-state index in [4.69, 9.17) is 5.26 Å². The zero-order chi connectivity index (χ0) is 11.5. The summed E-state index contributed by atoms with van der Waals surface area (Å²) in [6.07, 6.45) is 0. The van der Waals surface area contributed by atoms with Gasteiger partial charge in [-0.25, -0.2) is 0 Å². The molecule has 1 aliphatic rings. The van der Waals surface area contributed by atoms with Crippen molar-refractivity contribution in [2.45, 2.75) is 32.4 Å². The van der Waals surface area contributed by atoms with Crippen molar-refractivity contribution in [3.8, 4) is 6.07 Å². The Hall–Kier alpha value is -0.630. The molecule has 1 rings (SSSR count). The van der Waals surface area contributed by atoms with E-state index in [2.05, 4.69) is 15.9 Å². The van der Waals surface area contributed by atoms with Crippen molar-refractivity contribution in [3.05, 3.63) is 0 Å². The standard InChI is InChI=1S/C11H21N3O/c1-10(8-12)14-6-4-13(5-7-14)9-11(2,3)15/h10,15H,4-7,9H2,1-3H3. The molecule has 1 unspecified atom stereocenters. The Kier molecular flexibility index (Phi) is 4.09. The van der Waals surface area contributed by atoms with E-state index in [9.17, 15) is 5.11 Å². The number of nitriles is 1. The van der Waals surface area contributed by atoms with E-state index >= 15 is 0 Å². The number of nitrogens with zero attached hydrogens (tertiary/aromatic N) is 3. The second-order valence-electron chi connectivity index (χ2n) is 4.93. The van der Waals surface area contributed by atoms with E-state index in [1.165, 1.54) is 0 Å². The van der Waals surface area contributed by atoms with Crippen LogP contribution in [0, 0.1) is 11.3 Å². The molecule has 0 spiro atoms. The summed E-state index contributed by atoms with van der Waals surface area (Å²) in [5.74, 6) is 0. The van der Waals surface area contributed by atoms with Crippen LogP contribution < -0.4 is 0 Å². The van der Waals surface area contributed by atoms with E-state index < -0.39 is 5.60 Å². The van der Waals surface area contributed by atoms with Crippen molar-refractivity contribution in [1.29, 1.82) is 5.26 Å². The molecule has 1 fully saturated rings. The SMILES string of the molecule is CC(C#N)N1CCN(CC(C)(C)O)CC1. The van der Waals surface area contributed by atoms with Gasteiger partial charge in [0.1, 0.15) is 0 Å². The van der Waals surface area contributed by atoms with Gasteiger partial charge in [0.25, 0.3) is 0 Å². The topological polar surface area (TPSA) is 50.5 Å². The second-order valence-corrected chi connectivity index (χ2v) is 4.93. The molecule has 0 bridgehead atoms. The highest BCUT2D eigenvalue weighted by Crippen LogP contribution is 2.10. The van der Waals surface area contributed by atoms with Crippen LogP contribution in [0.1, 0.15) is 20.8 Å². The molecule has 0 amide bonds. The Bertz CT molecular complexity index is 233. The molecule has 1 aliphatic heterocycles. The first-order valence-electron chi connectivity index (χ1n) is 5.51. The van der Waals surface area contributed by atoms with Gasteiger partial charge in [-0.3, -0.25) is 9.80 Å². The Labute approximate surface area is 92.1 Å². The molecule has 0 radical (unpaired) electrons. The first-order chi connectivity index (χ1) is 6.92. The fraction of sp³-hybridized carbons (Fsp3) is 0.909. The average molecular weight is 211 g/mol. The normalized spacial score (nSPS) is 22.3. The van der Waals surface area contributed by atoms with Gasteiger partial charge < -0.3 is 5.11 Å². The van der Waals surface area contributed by atoms with Crippen LogP contribution in [0.25, 0.3) is 0 Å². The van der Waals surface area contributed by atoms with Gasteiger partial charge in [-0.15, -0.1) is 0 Å². The number of piperazine rings is 1. The molecule has 4 nitrogen and oxygen atoms in total. The van der Waals surface area contributed by atoms with Gasteiger partial charge in [-0.1, -0.05) is 0 Å². The molecular formula is C11H21N3O. The fourth-order valence-electron chi connectivity index (χ4n) is 1.94. The van der Waals surface area contributed by atoms with Crippen LogP contribution in [0.2, 0.25) is 0 Å². The fourth-order valence-corrected chi connectivity index (χ4v) is 1.94. The van der Waals surface area contributed by atoms with Crippen molar-refractivity contribution in [1.82, 2.24) is 9.80 Å². The van der Waals surface area contributed by atoms with Crippen molar-refractivity contribution in [2.24, 2.45) is 0 Å². The monoisotopic (exact) mass is 211 g/mol. The molecule has 0 aliphatic carbocycles. The number of hydrogen-bond donors (Lipinski definition) is 1. The highest BCUT2D eigenvalue weighted by molar-refractivity contribution is 4.90. The van der Waals surface area contributed by atoms with Crippen LogP contribution >= 0.6 is 0 Å². The lowest BCUT2D eigenvalue weighted by atomic mass is 10.1. The minimum atomic E-state index is -0.622. The third-order valence-corrected chi connectivity index (χ3v) is 2.75. The average Bonchev–Trinajstić information content (AvgIpc) is 2.15. The lowest BCUT2D eigenvalue weighted by molar-refractivity contribution is 0.0154. The maximum atomic E-state index is 9.68. The first-order valence-corrected chi connectivity index (χ1v) is 5.51. The van der Waals surface area contributed by atoms with Crippen molar-refractivity contribution in [2.75, 3.05) is 32.7 Å². The number of rotatable bonds is 3. The molecule has 86 valence electrons. The maximum absolute atomic E-state index is 9.68. The number of hydrogen-bond acceptors (Lipinski definition) is 4. The van der Waals surface area contributed by atoms with Gasteiger partial charge in [0.2, 0.25) is 0 Å². The molecule has 0 saturated carbocycles. The van der Waals surface area contributed by atoms with Crippen molar-refractivity contribution < 1.29 is 5.11 Å².